The summed E-state index contributed by atoms with van der Waals surface area (Å²) < 4.78 is 0. The fourth-order valence-electron chi connectivity index (χ4n) is 5.45. The van der Waals surface area contributed by atoms with Crippen LogP contribution in [0.1, 0.15) is 81.1 Å². The van der Waals surface area contributed by atoms with E-state index >= 15 is 0 Å². The molecule has 0 unspecified atom stereocenters. The molecular weight excluding hydrogens is 456 g/mol. The predicted octanol–water partition coefficient (Wildman–Crippen LogP) is 1.62. The van der Waals surface area contributed by atoms with E-state index in [1.807, 2.05) is 0 Å². The third-order valence-electron chi connectivity index (χ3n) is 6.14. The first-order valence-electron chi connectivity index (χ1n) is 10.1. The summed E-state index contributed by atoms with van der Waals surface area (Å²) in [6.07, 6.45) is 0.926. The first-order chi connectivity index (χ1) is 13.0. The Morgan fingerprint density at radius 2 is 0.774 bits per heavy atom. The van der Waals surface area contributed by atoms with Crippen LogP contribution in [0.3, 0.4) is 0 Å². The van der Waals surface area contributed by atoms with Crippen LogP contribution in [0.5, 0.6) is 0 Å². The maximum Gasteiger partial charge on any atom is 0.323 e. The topological polar surface area (TPSA) is 174 Å². The second kappa shape index (κ2) is 8.87. The van der Waals surface area contributed by atoms with E-state index in [-0.39, 0.29) is 42.8 Å². The molecule has 2 aliphatic rings. The number of hydrogen-bond acceptors (Lipinski definition) is 8. The van der Waals surface area contributed by atoms with Gasteiger partial charge in [0.2, 0.25) is 0 Å². The van der Waals surface area contributed by atoms with Crippen LogP contribution < -0.4 is 11.5 Å². The zero-order valence-electron chi connectivity index (χ0n) is 19.8. The zero-order valence-corrected chi connectivity index (χ0v) is 20.7. The number of hydroxylamine groups is 4. The summed E-state index contributed by atoms with van der Waals surface area (Å²) in [4.78, 5) is 22.3. The number of piperidine rings is 2. The number of hydrogen-bond donors (Lipinski definition) is 6. The Morgan fingerprint density at radius 1 is 0.613 bits per heavy atom. The fraction of sp³-hybridized carbons (Fsp3) is 0.900. The first kappa shape index (κ1) is 30.2. The summed E-state index contributed by atoms with van der Waals surface area (Å²) >= 11 is 0. The summed E-state index contributed by atoms with van der Waals surface area (Å²) in [5, 5.41) is 40.6. The molecule has 8 N–H and O–H groups in total. The SMILES string of the molecule is CC1(C)CC(N)(C(=O)O)CC(C)(C)N1O.CC1(C)CC(N)(C(=O)O)CC(C)(C)N1O.[Cu]. The van der Waals surface area contributed by atoms with Crippen molar-refractivity contribution < 1.29 is 47.3 Å². The number of carboxylic acid groups (broad SMARTS) is 2. The predicted molar refractivity (Wildman–Crippen MR) is 111 cm³/mol. The van der Waals surface area contributed by atoms with Gasteiger partial charge in [-0.1, -0.05) is 0 Å². The van der Waals surface area contributed by atoms with Crippen molar-refractivity contribution in [1.82, 2.24) is 10.1 Å². The summed E-state index contributed by atoms with van der Waals surface area (Å²) in [6, 6.07) is 0. The van der Waals surface area contributed by atoms with Crippen LogP contribution in [0.4, 0.5) is 0 Å². The van der Waals surface area contributed by atoms with Crippen LogP contribution >= 0.6 is 0 Å². The molecule has 10 nitrogen and oxygen atoms in total. The Balaban J connectivity index is 0.000000562. The van der Waals surface area contributed by atoms with Gasteiger partial charge in [-0.15, -0.1) is 0 Å². The molecule has 0 aromatic heterocycles. The average Bonchev–Trinajstić information content (AvgIpc) is 2.49. The van der Waals surface area contributed by atoms with E-state index < -0.39 is 45.2 Å². The minimum absolute atomic E-state index is 0. The van der Waals surface area contributed by atoms with Crippen molar-refractivity contribution in [2.24, 2.45) is 11.5 Å². The Labute approximate surface area is 195 Å². The number of nitrogens with two attached hydrogens (primary N) is 2. The second-order valence-corrected chi connectivity index (χ2v) is 11.5. The molecule has 2 rings (SSSR count). The van der Waals surface area contributed by atoms with Gasteiger partial charge >= 0.3 is 11.9 Å². The molecule has 0 aromatic carbocycles. The maximum absolute atomic E-state index is 11.1. The molecule has 0 aromatic rings. The van der Waals surface area contributed by atoms with Gasteiger partial charge in [-0.3, -0.25) is 9.59 Å². The Morgan fingerprint density at radius 3 is 0.903 bits per heavy atom. The van der Waals surface area contributed by atoms with Gasteiger partial charge in [0.15, 0.2) is 0 Å². The molecule has 0 atom stereocenters. The van der Waals surface area contributed by atoms with E-state index in [0.29, 0.717) is 0 Å². The molecular formula is C20H40CuN4O6. The maximum atomic E-state index is 11.1. The van der Waals surface area contributed by atoms with Gasteiger partial charge in [0.25, 0.3) is 0 Å². The van der Waals surface area contributed by atoms with Gasteiger partial charge in [0, 0.05) is 39.2 Å². The van der Waals surface area contributed by atoms with Gasteiger partial charge in [0.1, 0.15) is 11.1 Å². The van der Waals surface area contributed by atoms with E-state index in [4.69, 9.17) is 21.7 Å². The molecule has 0 spiro atoms. The van der Waals surface area contributed by atoms with Crippen molar-refractivity contribution in [3.8, 4) is 0 Å². The van der Waals surface area contributed by atoms with Gasteiger partial charge in [-0.05, 0) is 81.1 Å². The van der Waals surface area contributed by atoms with E-state index in [1.54, 1.807) is 55.4 Å². The average molecular weight is 496 g/mol. The number of rotatable bonds is 2. The van der Waals surface area contributed by atoms with E-state index in [2.05, 4.69) is 0 Å². The van der Waals surface area contributed by atoms with Crippen LogP contribution in [0.15, 0.2) is 0 Å². The van der Waals surface area contributed by atoms with Crippen LogP contribution in [0.25, 0.3) is 0 Å². The molecule has 0 aliphatic carbocycles. The van der Waals surface area contributed by atoms with Crippen molar-refractivity contribution >= 4 is 11.9 Å². The number of carbonyl (C=O) groups is 2. The van der Waals surface area contributed by atoms with E-state index in [0.717, 1.165) is 0 Å². The zero-order chi connectivity index (χ0) is 24.1. The molecule has 0 bridgehead atoms. The molecule has 2 fully saturated rings. The normalized spacial score (nSPS) is 27.7. The van der Waals surface area contributed by atoms with Gasteiger partial charge in [-0.2, -0.15) is 10.1 Å². The van der Waals surface area contributed by atoms with Crippen LogP contribution in [0, 0.1) is 0 Å². The molecule has 31 heavy (non-hydrogen) atoms. The monoisotopic (exact) mass is 495 g/mol. The minimum Gasteiger partial charge on any atom is -0.480 e. The van der Waals surface area contributed by atoms with Crippen molar-refractivity contribution in [2.45, 2.75) is 114 Å². The molecule has 11 heteroatoms. The number of aliphatic carboxylic acids is 2. The minimum atomic E-state index is -1.26. The van der Waals surface area contributed by atoms with Crippen molar-refractivity contribution in [3.63, 3.8) is 0 Å². The van der Waals surface area contributed by atoms with Crippen molar-refractivity contribution in [3.05, 3.63) is 0 Å². The summed E-state index contributed by atoms with van der Waals surface area (Å²) in [7, 11) is 0. The summed E-state index contributed by atoms with van der Waals surface area (Å²) in [5.74, 6) is -2.01. The Hall–Kier alpha value is -0.781. The van der Waals surface area contributed by atoms with Crippen LogP contribution in [0.2, 0.25) is 0 Å². The van der Waals surface area contributed by atoms with Gasteiger partial charge in [-0.25, -0.2) is 0 Å². The molecule has 0 saturated carbocycles. The molecule has 2 aliphatic heterocycles. The quantitative estimate of drug-likeness (QED) is 0.309. The van der Waals surface area contributed by atoms with Gasteiger partial charge in [0.05, 0.1) is 0 Å². The van der Waals surface area contributed by atoms with Gasteiger partial charge < -0.3 is 32.1 Å². The summed E-state index contributed by atoms with van der Waals surface area (Å²) in [5.41, 5.74) is 6.72. The van der Waals surface area contributed by atoms with E-state index in [9.17, 15) is 20.0 Å². The molecule has 1 radical (unpaired) electrons. The summed E-state index contributed by atoms with van der Waals surface area (Å²) in [6.45, 7) is 14.3. The third-order valence-corrected chi connectivity index (χ3v) is 6.14. The van der Waals surface area contributed by atoms with Crippen molar-refractivity contribution in [1.29, 1.82) is 0 Å². The molecule has 0 amide bonds. The number of nitrogens with zero attached hydrogens (tertiary/aromatic N) is 2. The van der Waals surface area contributed by atoms with Crippen LogP contribution in [-0.4, -0.2) is 75.9 Å². The number of carboxylic acids is 2. The first-order valence-corrected chi connectivity index (χ1v) is 10.1. The smallest absolute Gasteiger partial charge is 0.323 e. The Bertz CT molecular complexity index is 601. The van der Waals surface area contributed by atoms with E-state index in [1.165, 1.54) is 10.1 Å². The molecule has 187 valence electrons. The standard InChI is InChI=1S/2C10H20N2O3.Cu/c2*1-8(2)5-10(11,7(13)14)6-9(3,4)12(8)15;/h2*15H,5-6,11H2,1-4H3,(H,13,14);. The largest absolute Gasteiger partial charge is 0.480 e. The Kier molecular flexibility index (Phi) is 8.65. The second-order valence-electron chi connectivity index (χ2n) is 11.5. The fourth-order valence-corrected chi connectivity index (χ4v) is 5.45. The molecule has 2 saturated heterocycles. The molecule has 2 heterocycles. The third kappa shape index (κ3) is 6.17. The van der Waals surface area contributed by atoms with Crippen LogP contribution in [-0.2, 0) is 26.7 Å². The van der Waals surface area contributed by atoms with Crippen molar-refractivity contribution in [2.75, 3.05) is 0 Å².